The van der Waals surface area contributed by atoms with Gasteiger partial charge < -0.3 is 10.2 Å². The van der Waals surface area contributed by atoms with E-state index in [0.29, 0.717) is 18.2 Å². The number of aliphatic imine (C=N–C) groups is 2. The second-order valence-electron chi connectivity index (χ2n) is 13.5. The lowest BCUT2D eigenvalue weighted by Crippen LogP contribution is -2.17. The topological polar surface area (TPSA) is 63.9 Å². The first kappa shape index (κ1) is 32.1. The Morgan fingerprint density at radius 2 is 1.28 bits per heavy atom. The van der Waals surface area contributed by atoms with E-state index in [9.17, 15) is 0 Å². The number of allylic oxidation sites excluding steroid dienone is 3. The molecule has 0 saturated heterocycles. The van der Waals surface area contributed by atoms with E-state index in [2.05, 4.69) is 146 Å². The predicted octanol–water partition coefficient (Wildman–Crippen LogP) is 11.9. The Morgan fingerprint density at radius 3 is 2.06 bits per heavy atom. The van der Waals surface area contributed by atoms with E-state index < -0.39 is 0 Å². The van der Waals surface area contributed by atoms with Gasteiger partial charge in [-0.05, 0) is 74.8 Å². The van der Waals surface area contributed by atoms with Crippen LogP contribution in [0.25, 0.3) is 60.5 Å². The van der Waals surface area contributed by atoms with Crippen molar-refractivity contribution in [3.05, 3.63) is 199 Å². The van der Waals surface area contributed by atoms with Gasteiger partial charge in [-0.3, -0.25) is 4.99 Å². The van der Waals surface area contributed by atoms with Crippen LogP contribution < -0.4 is 5.73 Å². The van der Waals surface area contributed by atoms with Gasteiger partial charge in [-0.2, -0.15) is 0 Å². The number of nitrogens with zero attached hydrogens (tertiary/aromatic N) is 2. The molecule has 4 heteroatoms. The van der Waals surface area contributed by atoms with Crippen molar-refractivity contribution in [1.82, 2.24) is 0 Å². The van der Waals surface area contributed by atoms with Gasteiger partial charge in [0.25, 0.3) is 0 Å². The first-order chi connectivity index (χ1) is 26.2. The number of hydrogen-bond donors (Lipinski definition) is 1. The summed E-state index contributed by atoms with van der Waals surface area (Å²) in [4.78, 5) is 10.3. The van der Waals surface area contributed by atoms with Crippen molar-refractivity contribution in [2.45, 2.75) is 6.42 Å². The zero-order chi connectivity index (χ0) is 35.6. The van der Waals surface area contributed by atoms with Gasteiger partial charge in [-0.1, -0.05) is 158 Å². The summed E-state index contributed by atoms with van der Waals surface area (Å²) in [6.45, 7) is 0.582. The van der Waals surface area contributed by atoms with Crippen molar-refractivity contribution in [2.24, 2.45) is 21.6 Å². The number of benzene rings is 7. The molecule has 1 heterocycles. The van der Waals surface area contributed by atoms with Gasteiger partial charge in [0, 0.05) is 34.4 Å². The smallest absolute Gasteiger partial charge is 0.157 e. The number of rotatable bonds is 7. The van der Waals surface area contributed by atoms with Crippen molar-refractivity contribution in [3.63, 3.8) is 0 Å². The highest BCUT2D eigenvalue weighted by Crippen LogP contribution is 2.40. The number of para-hydroxylation sites is 1. The fourth-order valence-electron chi connectivity index (χ4n) is 7.34. The van der Waals surface area contributed by atoms with Gasteiger partial charge in [0.2, 0.25) is 0 Å². The highest BCUT2D eigenvalue weighted by atomic mass is 16.3. The Balaban J connectivity index is 1.14. The minimum absolute atomic E-state index is 0.241. The molecular formula is C49H37N3O. The molecule has 1 aliphatic carbocycles. The van der Waals surface area contributed by atoms with Crippen LogP contribution in [-0.2, 0) is 0 Å². The second-order valence-corrected chi connectivity index (χ2v) is 13.5. The number of amidine groups is 2. The Morgan fingerprint density at radius 1 is 0.604 bits per heavy atom. The maximum Gasteiger partial charge on any atom is 0.157 e. The van der Waals surface area contributed by atoms with Gasteiger partial charge >= 0.3 is 0 Å². The van der Waals surface area contributed by atoms with Crippen LogP contribution in [0.5, 0.6) is 0 Å². The summed E-state index contributed by atoms with van der Waals surface area (Å²) in [6.07, 6.45) is 7.70. The van der Waals surface area contributed by atoms with Gasteiger partial charge in [0.05, 0.1) is 0 Å². The third kappa shape index (κ3) is 6.47. The number of nitrogens with two attached hydrogens (primary N) is 1. The normalized spacial score (nSPS) is 14.9. The predicted molar refractivity (Wildman–Crippen MR) is 222 cm³/mol. The zero-order valence-corrected chi connectivity index (χ0v) is 29.2. The van der Waals surface area contributed by atoms with Crippen molar-refractivity contribution < 1.29 is 4.42 Å². The third-order valence-corrected chi connectivity index (χ3v) is 10.1. The summed E-state index contributed by atoms with van der Waals surface area (Å²) >= 11 is 0. The van der Waals surface area contributed by atoms with Crippen LogP contribution in [0, 0.1) is 5.92 Å². The zero-order valence-electron chi connectivity index (χ0n) is 29.2. The molecule has 9 rings (SSSR count). The van der Waals surface area contributed by atoms with Crippen LogP contribution in [-0.4, -0.2) is 18.2 Å². The molecule has 0 bridgehead atoms. The summed E-state index contributed by atoms with van der Waals surface area (Å²) in [5, 5.41) is 4.44. The van der Waals surface area contributed by atoms with Gasteiger partial charge in [-0.15, -0.1) is 0 Å². The number of hydrogen-bond acceptors (Lipinski definition) is 2. The van der Waals surface area contributed by atoms with Crippen molar-refractivity contribution in [2.75, 3.05) is 6.54 Å². The highest BCUT2D eigenvalue weighted by Gasteiger charge is 2.18. The Hall–Kier alpha value is -6.78. The molecule has 2 N–H and O–H groups in total. The molecule has 4 nitrogen and oxygen atoms in total. The van der Waals surface area contributed by atoms with Crippen molar-refractivity contribution >= 4 is 50.0 Å². The summed E-state index contributed by atoms with van der Waals surface area (Å²) in [5.41, 5.74) is 17.3. The van der Waals surface area contributed by atoms with Crippen LogP contribution in [0.15, 0.2) is 196 Å². The van der Waals surface area contributed by atoms with E-state index in [1.54, 1.807) is 0 Å². The molecule has 1 unspecified atom stereocenters. The van der Waals surface area contributed by atoms with Crippen LogP contribution in [0.1, 0.15) is 23.1 Å². The maximum atomic E-state index is 6.83. The lowest BCUT2D eigenvalue weighted by atomic mass is 9.92. The molecular weight excluding hydrogens is 647 g/mol. The van der Waals surface area contributed by atoms with Crippen LogP contribution >= 0.6 is 0 Å². The fraction of sp³-hybridized carbons (Fsp3) is 0.0612. The van der Waals surface area contributed by atoms with Crippen molar-refractivity contribution in [1.29, 1.82) is 0 Å². The van der Waals surface area contributed by atoms with E-state index in [1.165, 1.54) is 11.1 Å². The van der Waals surface area contributed by atoms with Crippen LogP contribution in [0.3, 0.4) is 0 Å². The average Bonchev–Trinajstić information content (AvgIpc) is 3.62. The molecule has 1 aromatic heterocycles. The summed E-state index contributed by atoms with van der Waals surface area (Å²) in [6, 6.07) is 56.6. The average molecular weight is 684 g/mol. The van der Waals surface area contributed by atoms with E-state index in [-0.39, 0.29) is 5.92 Å². The fourth-order valence-corrected chi connectivity index (χ4v) is 7.34. The number of furan rings is 1. The summed E-state index contributed by atoms with van der Waals surface area (Å²) < 4.78 is 6.31. The lowest BCUT2D eigenvalue weighted by Gasteiger charge is -2.16. The second kappa shape index (κ2) is 14.1. The number of fused-ring (bicyclic) bond motifs is 4. The molecule has 0 spiro atoms. The first-order valence-corrected chi connectivity index (χ1v) is 18.1. The van der Waals surface area contributed by atoms with E-state index in [4.69, 9.17) is 20.1 Å². The van der Waals surface area contributed by atoms with Crippen LogP contribution in [0.2, 0.25) is 0 Å². The maximum absolute atomic E-state index is 6.83. The van der Waals surface area contributed by atoms with Crippen molar-refractivity contribution in [3.8, 4) is 22.3 Å². The molecule has 0 radical (unpaired) electrons. The Kier molecular flexibility index (Phi) is 8.55. The molecule has 0 amide bonds. The Bertz CT molecular complexity index is 2720. The first-order valence-electron chi connectivity index (χ1n) is 18.1. The van der Waals surface area contributed by atoms with E-state index in [0.717, 1.165) is 72.5 Å². The largest absolute Gasteiger partial charge is 0.456 e. The summed E-state index contributed by atoms with van der Waals surface area (Å²) in [7, 11) is 0. The van der Waals surface area contributed by atoms with Gasteiger partial charge in [-0.25, -0.2) is 4.99 Å². The van der Waals surface area contributed by atoms with Gasteiger partial charge in [0.15, 0.2) is 5.84 Å². The molecule has 1 atom stereocenters. The molecule has 53 heavy (non-hydrogen) atoms. The minimum Gasteiger partial charge on any atom is -0.456 e. The molecule has 7 aromatic carbocycles. The molecule has 1 aliphatic rings. The quantitative estimate of drug-likeness (QED) is 0.134. The third-order valence-electron chi connectivity index (χ3n) is 10.1. The SMILES string of the molecule is N/C(=N\C(=N/CC1C=CC(c2ccccc2)=CC1)c1cc(-c2cccc3oc4ccccc4c23)c2ccccc2c1)c1ccc(-c2ccccc2)cc1. The standard InChI is InChI=1S/C49H37N3O/c50-48(38-28-26-37(27-29-38)35-14-5-2-6-15-35)52-49(51-32-33-22-24-36(25-23-33)34-12-3-1-4-13-34)40-30-39-16-7-8-17-41(39)44(31-40)42-19-11-21-46-47(42)43-18-9-10-20-45(43)53-46/h1-22,24-31,33H,23,32H2,(H2,50,51,52). The molecule has 0 saturated carbocycles. The van der Waals surface area contributed by atoms with Gasteiger partial charge in [0.1, 0.15) is 17.0 Å². The highest BCUT2D eigenvalue weighted by molar-refractivity contribution is 6.18. The minimum atomic E-state index is 0.241. The summed E-state index contributed by atoms with van der Waals surface area (Å²) in [5.74, 6) is 1.27. The Labute approximate surface area is 309 Å². The molecule has 0 aliphatic heterocycles. The van der Waals surface area contributed by atoms with E-state index in [1.807, 2.05) is 36.4 Å². The van der Waals surface area contributed by atoms with E-state index >= 15 is 0 Å². The lowest BCUT2D eigenvalue weighted by molar-refractivity contribution is 0.669. The molecule has 254 valence electrons. The van der Waals surface area contributed by atoms with Crippen LogP contribution in [0.4, 0.5) is 0 Å². The monoisotopic (exact) mass is 683 g/mol. The molecule has 0 fully saturated rings. The molecule has 8 aromatic rings.